The van der Waals surface area contributed by atoms with Crippen LogP contribution >= 0.6 is 11.6 Å². The van der Waals surface area contributed by atoms with Gasteiger partial charge in [-0.25, -0.2) is 9.78 Å². The second kappa shape index (κ2) is 6.25. The molecular formula is C14H13ClN2O3. The second-order valence-corrected chi connectivity index (χ2v) is 4.45. The van der Waals surface area contributed by atoms with E-state index >= 15 is 0 Å². The highest BCUT2D eigenvalue weighted by Crippen LogP contribution is 2.19. The van der Waals surface area contributed by atoms with Crippen molar-refractivity contribution in [3.63, 3.8) is 0 Å². The Kier molecular flexibility index (Phi) is 4.42. The van der Waals surface area contributed by atoms with E-state index in [1.54, 1.807) is 7.11 Å². The molecule has 2 rings (SSSR count). The standard InChI is InChI=1S/C14H13ClN2O3/c1-20-10-4-2-9(3-5-10)7-16-12-8-17-13(15)6-11(12)14(18)19/h2-6,8,16H,7H2,1H3,(H,18,19). The number of carboxylic acids is 1. The lowest BCUT2D eigenvalue weighted by Gasteiger charge is -2.10. The quantitative estimate of drug-likeness (QED) is 0.829. The SMILES string of the molecule is COc1ccc(CNc2cnc(Cl)cc2C(=O)O)cc1. The number of benzene rings is 1. The fourth-order valence-electron chi connectivity index (χ4n) is 1.69. The number of ether oxygens (including phenoxy) is 1. The molecule has 0 radical (unpaired) electrons. The van der Waals surface area contributed by atoms with Crippen LogP contribution in [0.2, 0.25) is 5.15 Å². The van der Waals surface area contributed by atoms with Gasteiger partial charge in [0.1, 0.15) is 10.9 Å². The molecule has 0 bridgehead atoms. The van der Waals surface area contributed by atoms with Crippen molar-refractivity contribution in [2.75, 3.05) is 12.4 Å². The summed E-state index contributed by atoms with van der Waals surface area (Å²) in [6.07, 6.45) is 1.41. The molecule has 0 spiro atoms. The molecule has 0 aliphatic heterocycles. The van der Waals surface area contributed by atoms with Gasteiger partial charge in [-0.15, -0.1) is 0 Å². The summed E-state index contributed by atoms with van der Waals surface area (Å²) >= 11 is 5.70. The minimum absolute atomic E-state index is 0.0958. The summed E-state index contributed by atoms with van der Waals surface area (Å²) in [4.78, 5) is 15.0. The summed E-state index contributed by atoms with van der Waals surface area (Å²) in [7, 11) is 1.60. The molecule has 6 heteroatoms. The molecule has 1 aromatic heterocycles. The van der Waals surface area contributed by atoms with E-state index in [4.69, 9.17) is 21.4 Å². The first-order chi connectivity index (χ1) is 9.60. The molecule has 0 saturated heterocycles. The van der Waals surface area contributed by atoms with Crippen LogP contribution in [0.25, 0.3) is 0 Å². The van der Waals surface area contributed by atoms with Gasteiger partial charge in [0.05, 0.1) is 24.6 Å². The summed E-state index contributed by atoms with van der Waals surface area (Å²) in [5.74, 6) is -0.278. The Morgan fingerprint density at radius 3 is 2.70 bits per heavy atom. The van der Waals surface area contributed by atoms with Crippen molar-refractivity contribution in [3.8, 4) is 5.75 Å². The number of anilines is 1. The zero-order valence-corrected chi connectivity index (χ0v) is 11.5. The highest BCUT2D eigenvalue weighted by Gasteiger charge is 2.11. The fourth-order valence-corrected chi connectivity index (χ4v) is 1.85. The van der Waals surface area contributed by atoms with Crippen molar-refractivity contribution in [1.82, 2.24) is 4.98 Å². The number of hydrogen-bond donors (Lipinski definition) is 2. The largest absolute Gasteiger partial charge is 0.497 e. The highest BCUT2D eigenvalue weighted by atomic mass is 35.5. The zero-order valence-electron chi connectivity index (χ0n) is 10.8. The number of nitrogens with zero attached hydrogens (tertiary/aromatic N) is 1. The molecule has 2 N–H and O–H groups in total. The lowest BCUT2D eigenvalue weighted by atomic mass is 10.2. The van der Waals surface area contributed by atoms with E-state index in [-0.39, 0.29) is 10.7 Å². The number of halogens is 1. The second-order valence-electron chi connectivity index (χ2n) is 4.06. The topological polar surface area (TPSA) is 71.5 Å². The minimum Gasteiger partial charge on any atom is -0.497 e. The van der Waals surface area contributed by atoms with E-state index < -0.39 is 5.97 Å². The molecule has 20 heavy (non-hydrogen) atoms. The van der Waals surface area contributed by atoms with E-state index in [0.717, 1.165) is 11.3 Å². The molecule has 2 aromatic rings. The van der Waals surface area contributed by atoms with Crippen LogP contribution in [-0.4, -0.2) is 23.2 Å². The maximum atomic E-state index is 11.1. The van der Waals surface area contributed by atoms with Gasteiger partial charge in [-0.2, -0.15) is 0 Å². The highest BCUT2D eigenvalue weighted by molar-refractivity contribution is 6.29. The average molecular weight is 293 g/mol. The van der Waals surface area contributed by atoms with Crippen molar-refractivity contribution < 1.29 is 14.6 Å². The first kappa shape index (κ1) is 14.1. The maximum absolute atomic E-state index is 11.1. The Balaban J connectivity index is 2.12. The molecule has 1 aromatic carbocycles. The maximum Gasteiger partial charge on any atom is 0.337 e. The number of hydrogen-bond acceptors (Lipinski definition) is 4. The van der Waals surface area contributed by atoms with E-state index in [0.29, 0.717) is 12.2 Å². The van der Waals surface area contributed by atoms with E-state index in [9.17, 15) is 4.79 Å². The predicted octanol–water partition coefficient (Wildman–Crippen LogP) is 3.05. The van der Waals surface area contributed by atoms with E-state index in [2.05, 4.69) is 10.3 Å². The molecular weight excluding hydrogens is 280 g/mol. The third-order valence-electron chi connectivity index (χ3n) is 2.74. The van der Waals surface area contributed by atoms with Gasteiger partial charge in [-0.05, 0) is 23.8 Å². The molecule has 0 aliphatic carbocycles. The van der Waals surface area contributed by atoms with Gasteiger partial charge in [0.25, 0.3) is 0 Å². The first-order valence-electron chi connectivity index (χ1n) is 5.86. The molecule has 0 atom stereocenters. The number of carbonyl (C=O) groups is 1. The Morgan fingerprint density at radius 2 is 2.10 bits per heavy atom. The number of aromatic nitrogens is 1. The van der Waals surface area contributed by atoms with Crippen molar-refractivity contribution in [2.45, 2.75) is 6.54 Å². The zero-order chi connectivity index (χ0) is 14.5. The first-order valence-corrected chi connectivity index (χ1v) is 6.23. The van der Waals surface area contributed by atoms with Crippen molar-refractivity contribution in [1.29, 1.82) is 0 Å². The smallest absolute Gasteiger partial charge is 0.337 e. The third kappa shape index (κ3) is 3.39. The lowest BCUT2D eigenvalue weighted by molar-refractivity contribution is 0.0698. The van der Waals surface area contributed by atoms with Gasteiger partial charge in [-0.3, -0.25) is 0 Å². The number of aromatic carboxylic acids is 1. The van der Waals surface area contributed by atoms with Crippen LogP contribution in [0.15, 0.2) is 36.5 Å². The Labute approximate surface area is 121 Å². The van der Waals surface area contributed by atoms with E-state index in [1.807, 2.05) is 24.3 Å². The fraction of sp³-hybridized carbons (Fsp3) is 0.143. The third-order valence-corrected chi connectivity index (χ3v) is 2.95. The lowest BCUT2D eigenvalue weighted by Crippen LogP contribution is -2.07. The summed E-state index contributed by atoms with van der Waals surface area (Å²) in [6, 6.07) is 8.80. The number of nitrogens with one attached hydrogen (secondary N) is 1. The van der Waals surface area contributed by atoms with Gasteiger partial charge in [0.2, 0.25) is 0 Å². The van der Waals surface area contributed by atoms with Crippen LogP contribution in [0.1, 0.15) is 15.9 Å². The minimum atomic E-state index is -1.05. The van der Waals surface area contributed by atoms with Crippen molar-refractivity contribution in [2.24, 2.45) is 0 Å². The van der Waals surface area contributed by atoms with Gasteiger partial charge < -0.3 is 15.2 Å². The van der Waals surface area contributed by atoms with Crippen LogP contribution < -0.4 is 10.1 Å². The van der Waals surface area contributed by atoms with Crippen LogP contribution in [0.3, 0.4) is 0 Å². The predicted molar refractivity (Wildman–Crippen MR) is 76.5 cm³/mol. The Bertz CT molecular complexity index is 614. The van der Waals surface area contributed by atoms with Gasteiger partial charge in [0, 0.05) is 6.54 Å². The molecule has 1 heterocycles. The summed E-state index contributed by atoms with van der Waals surface area (Å²) in [6.45, 7) is 0.480. The number of methoxy groups -OCH3 is 1. The van der Waals surface area contributed by atoms with Crippen molar-refractivity contribution >= 4 is 23.3 Å². The molecule has 0 aliphatic rings. The van der Waals surface area contributed by atoms with Crippen LogP contribution in [0.4, 0.5) is 5.69 Å². The Morgan fingerprint density at radius 1 is 1.40 bits per heavy atom. The van der Waals surface area contributed by atoms with Crippen LogP contribution in [0.5, 0.6) is 5.75 Å². The van der Waals surface area contributed by atoms with Crippen molar-refractivity contribution in [3.05, 3.63) is 52.8 Å². The average Bonchev–Trinajstić information content (AvgIpc) is 2.46. The summed E-state index contributed by atoms with van der Waals surface area (Å²) < 4.78 is 5.07. The normalized spacial score (nSPS) is 10.1. The van der Waals surface area contributed by atoms with Gasteiger partial charge in [0.15, 0.2) is 0 Å². The number of pyridine rings is 1. The van der Waals surface area contributed by atoms with Gasteiger partial charge in [-0.1, -0.05) is 23.7 Å². The molecule has 0 fully saturated rings. The molecule has 0 saturated carbocycles. The molecule has 0 unspecified atom stereocenters. The molecule has 5 nitrogen and oxygen atoms in total. The number of carboxylic acid groups (broad SMARTS) is 1. The summed E-state index contributed by atoms with van der Waals surface area (Å²) in [5.41, 5.74) is 1.52. The van der Waals surface area contributed by atoms with Gasteiger partial charge >= 0.3 is 5.97 Å². The van der Waals surface area contributed by atoms with E-state index in [1.165, 1.54) is 12.3 Å². The Hall–Kier alpha value is -2.27. The number of rotatable bonds is 5. The molecule has 104 valence electrons. The summed E-state index contributed by atoms with van der Waals surface area (Å²) in [5, 5.41) is 12.3. The monoisotopic (exact) mass is 292 g/mol. The molecule has 0 amide bonds. The van der Waals surface area contributed by atoms with Crippen LogP contribution in [0, 0.1) is 0 Å². The van der Waals surface area contributed by atoms with Crippen LogP contribution in [-0.2, 0) is 6.54 Å².